The fourth-order valence-electron chi connectivity index (χ4n) is 1.70. The molecule has 0 fully saturated rings. The summed E-state index contributed by atoms with van der Waals surface area (Å²) in [4.78, 5) is 11.9. The molecule has 0 spiro atoms. The largest absolute Gasteiger partial charge is 0.462 e. The molecule has 6 heteroatoms. The van der Waals surface area contributed by atoms with Gasteiger partial charge in [0, 0.05) is 0 Å². The van der Waals surface area contributed by atoms with E-state index in [1.165, 1.54) is 18.2 Å². The van der Waals surface area contributed by atoms with Gasteiger partial charge in [-0.1, -0.05) is 22.8 Å². The first kappa shape index (κ1) is 13.5. The molecule has 0 unspecified atom stereocenters. The monoisotopic (exact) mass is 283 g/mol. The van der Waals surface area contributed by atoms with Gasteiger partial charge in [0.15, 0.2) is 5.76 Å². The second-order valence-electron chi connectivity index (χ2n) is 3.79. The zero-order chi connectivity index (χ0) is 14.0. The number of benzene rings is 1. The molecule has 0 N–H and O–H groups in total. The second kappa shape index (κ2) is 5.40. The van der Waals surface area contributed by atoms with E-state index in [1.54, 1.807) is 13.8 Å². The Morgan fingerprint density at radius 1 is 1.53 bits per heavy atom. The summed E-state index contributed by atoms with van der Waals surface area (Å²) in [6, 6.07) is 4.20. The van der Waals surface area contributed by atoms with E-state index in [9.17, 15) is 9.18 Å². The lowest BCUT2D eigenvalue weighted by molar-refractivity contribution is 0.0526. The van der Waals surface area contributed by atoms with Gasteiger partial charge in [-0.05, 0) is 26.0 Å². The molecule has 1 aromatic heterocycles. The standard InChI is InChI=1S/C13H11ClFNO3/c1-3-18-13(17)10-7(2)16-19-12(10)11-8(14)5-4-6-9(11)15/h4-6H,3H2,1-2H3. The lowest BCUT2D eigenvalue weighted by atomic mass is 10.1. The number of aromatic nitrogens is 1. The molecule has 0 radical (unpaired) electrons. The Bertz CT molecular complexity index is 604. The van der Waals surface area contributed by atoms with Gasteiger partial charge < -0.3 is 9.26 Å². The number of aryl methyl sites for hydroxylation is 1. The average Bonchev–Trinajstić information content (AvgIpc) is 2.71. The number of nitrogens with zero attached hydrogens (tertiary/aromatic N) is 1. The molecule has 0 aliphatic rings. The molecular weight excluding hydrogens is 273 g/mol. The molecule has 4 nitrogen and oxygen atoms in total. The predicted octanol–water partition coefficient (Wildman–Crippen LogP) is 3.62. The molecule has 0 atom stereocenters. The lowest BCUT2D eigenvalue weighted by Crippen LogP contribution is -2.07. The number of esters is 1. The Balaban J connectivity index is 2.61. The molecule has 0 bridgehead atoms. The van der Waals surface area contributed by atoms with E-state index in [-0.39, 0.29) is 28.5 Å². The highest BCUT2D eigenvalue weighted by Crippen LogP contribution is 2.34. The lowest BCUT2D eigenvalue weighted by Gasteiger charge is -2.05. The third kappa shape index (κ3) is 2.46. The number of carbonyl (C=O) groups excluding carboxylic acids is 1. The Hall–Kier alpha value is -1.88. The summed E-state index contributed by atoms with van der Waals surface area (Å²) in [6.07, 6.45) is 0. The topological polar surface area (TPSA) is 52.3 Å². The van der Waals surface area contributed by atoms with Crippen LogP contribution in [0.5, 0.6) is 0 Å². The van der Waals surface area contributed by atoms with Gasteiger partial charge in [-0.3, -0.25) is 0 Å². The van der Waals surface area contributed by atoms with E-state index in [2.05, 4.69) is 5.16 Å². The Morgan fingerprint density at radius 2 is 2.26 bits per heavy atom. The zero-order valence-corrected chi connectivity index (χ0v) is 11.1. The van der Waals surface area contributed by atoms with Crippen LogP contribution in [0.15, 0.2) is 22.7 Å². The van der Waals surface area contributed by atoms with Crippen LogP contribution < -0.4 is 0 Å². The molecule has 1 aromatic carbocycles. The van der Waals surface area contributed by atoms with E-state index in [0.29, 0.717) is 5.69 Å². The highest BCUT2D eigenvalue weighted by atomic mass is 35.5. The number of carbonyl (C=O) groups is 1. The second-order valence-corrected chi connectivity index (χ2v) is 4.20. The fraction of sp³-hybridized carbons (Fsp3) is 0.231. The first-order valence-electron chi connectivity index (χ1n) is 5.64. The van der Waals surface area contributed by atoms with Gasteiger partial charge in [-0.25, -0.2) is 9.18 Å². The highest BCUT2D eigenvalue weighted by molar-refractivity contribution is 6.33. The molecule has 0 aliphatic heterocycles. The van der Waals surface area contributed by atoms with Gasteiger partial charge in [0.05, 0.1) is 22.9 Å². The summed E-state index contributed by atoms with van der Waals surface area (Å²) in [5, 5.41) is 3.82. The van der Waals surface area contributed by atoms with Crippen molar-refractivity contribution in [2.45, 2.75) is 13.8 Å². The molecule has 0 aliphatic carbocycles. The molecule has 1 heterocycles. The smallest absolute Gasteiger partial charge is 0.344 e. The van der Waals surface area contributed by atoms with Crippen molar-refractivity contribution in [3.63, 3.8) is 0 Å². The van der Waals surface area contributed by atoms with Crippen LogP contribution >= 0.6 is 11.6 Å². The van der Waals surface area contributed by atoms with Gasteiger partial charge in [0.1, 0.15) is 11.4 Å². The Kier molecular flexibility index (Phi) is 3.85. The maximum Gasteiger partial charge on any atom is 0.344 e. The average molecular weight is 284 g/mol. The van der Waals surface area contributed by atoms with Crippen molar-refractivity contribution in [1.82, 2.24) is 5.16 Å². The Labute approximate surface area is 114 Å². The van der Waals surface area contributed by atoms with Crippen LogP contribution in [0.2, 0.25) is 5.02 Å². The highest BCUT2D eigenvalue weighted by Gasteiger charge is 2.26. The quantitative estimate of drug-likeness (QED) is 0.807. The summed E-state index contributed by atoms with van der Waals surface area (Å²) in [7, 11) is 0. The van der Waals surface area contributed by atoms with Crippen molar-refractivity contribution in [1.29, 1.82) is 0 Å². The first-order chi connectivity index (χ1) is 9.06. The van der Waals surface area contributed by atoms with Crippen LogP contribution in [-0.4, -0.2) is 17.7 Å². The number of hydrogen-bond donors (Lipinski definition) is 0. The number of ether oxygens (including phenoxy) is 1. The normalized spacial score (nSPS) is 10.5. The van der Waals surface area contributed by atoms with Gasteiger partial charge in [0.2, 0.25) is 0 Å². The van der Waals surface area contributed by atoms with Crippen molar-refractivity contribution in [3.8, 4) is 11.3 Å². The third-order valence-corrected chi connectivity index (χ3v) is 2.85. The van der Waals surface area contributed by atoms with Gasteiger partial charge in [-0.2, -0.15) is 0 Å². The summed E-state index contributed by atoms with van der Waals surface area (Å²) in [6.45, 7) is 3.46. The summed E-state index contributed by atoms with van der Waals surface area (Å²) in [5.74, 6) is -1.22. The van der Waals surface area contributed by atoms with Crippen LogP contribution in [0.1, 0.15) is 23.0 Å². The van der Waals surface area contributed by atoms with Crippen molar-refractivity contribution >= 4 is 17.6 Å². The van der Waals surface area contributed by atoms with Crippen molar-refractivity contribution in [2.75, 3.05) is 6.61 Å². The third-order valence-electron chi connectivity index (χ3n) is 2.53. The Morgan fingerprint density at radius 3 is 2.89 bits per heavy atom. The zero-order valence-electron chi connectivity index (χ0n) is 10.4. The summed E-state index contributed by atoms with van der Waals surface area (Å²) >= 11 is 5.95. The summed E-state index contributed by atoms with van der Waals surface area (Å²) < 4.78 is 23.8. The van der Waals surface area contributed by atoms with Gasteiger partial charge in [0.25, 0.3) is 0 Å². The number of rotatable bonds is 3. The minimum absolute atomic E-state index is 0.00724. The fourth-order valence-corrected chi connectivity index (χ4v) is 1.95. The van der Waals surface area contributed by atoms with Crippen LogP contribution in [0.4, 0.5) is 4.39 Å². The molecule has 19 heavy (non-hydrogen) atoms. The van der Waals surface area contributed by atoms with E-state index < -0.39 is 11.8 Å². The van der Waals surface area contributed by atoms with Crippen LogP contribution in [0, 0.1) is 12.7 Å². The van der Waals surface area contributed by atoms with Crippen LogP contribution in [0.25, 0.3) is 11.3 Å². The van der Waals surface area contributed by atoms with Crippen molar-refractivity contribution < 1.29 is 18.4 Å². The maximum absolute atomic E-state index is 13.9. The van der Waals surface area contributed by atoms with Crippen LogP contribution in [0.3, 0.4) is 0 Å². The van der Waals surface area contributed by atoms with Crippen molar-refractivity contribution in [2.24, 2.45) is 0 Å². The van der Waals surface area contributed by atoms with Gasteiger partial charge >= 0.3 is 5.97 Å². The molecule has 0 amide bonds. The predicted molar refractivity (Wildman–Crippen MR) is 67.6 cm³/mol. The molecule has 2 aromatic rings. The minimum Gasteiger partial charge on any atom is -0.462 e. The summed E-state index contributed by atoms with van der Waals surface area (Å²) in [5.41, 5.74) is 0.425. The molecule has 0 saturated carbocycles. The number of halogens is 2. The molecule has 100 valence electrons. The molecule has 2 rings (SSSR count). The SMILES string of the molecule is CCOC(=O)c1c(C)noc1-c1c(F)cccc1Cl. The molecular formula is C13H11ClFNO3. The van der Waals surface area contributed by atoms with Crippen LogP contribution in [-0.2, 0) is 4.74 Å². The van der Waals surface area contributed by atoms with E-state index in [1.807, 2.05) is 0 Å². The number of hydrogen-bond acceptors (Lipinski definition) is 4. The van der Waals surface area contributed by atoms with Crippen molar-refractivity contribution in [3.05, 3.63) is 40.3 Å². The van der Waals surface area contributed by atoms with E-state index in [4.69, 9.17) is 20.9 Å². The van der Waals surface area contributed by atoms with Gasteiger partial charge in [-0.15, -0.1) is 0 Å². The minimum atomic E-state index is -0.615. The maximum atomic E-state index is 13.9. The molecule has 0 saturated heterocycles. The first-order valence-corrected chi connectivity index (χ1v) is 6.01. The van der Waals surface area contributed by atoms with E-state index in [0.717, 1.165) is 0 Å². The van der Waals surface area contributed by atoms with E-state index >= 15 is 0 Å².